The van der Waals surface area contributed by atoms with Crippen molar-refractivity contribution in [2.45, 2.75) is 0 Å². The highest BCUT2D eigenvalue weighted by Crippen LogP contribution is 2.30. The van der Waals surface area contributed by atoms with E-state index in [0.717, 1.165) is 22.0 Å². The van der Waals surface area contributed by atoms with Crippen molar-refractivity contribution in [3.63, 3.8) is 0 Å². The Morgan fingerprint density at radius 1 is 0.786 bits per heavy atom. The Balaban J connectivity index is 1.54. The van der Waals surface area contributed by atoms with Gasteiger partial charge in [-0.2, -0.15) is 4.98 Å². The second-order valence-electron chi connectivity index (χ2n) is 5.98. The maximum absolute atomic E-state index is 6.09. The summed E-state index contributed by atoms with van der Waals surface area (Å²) >= 11 is 0. The summed E-state index contributed by atoms with van der Waals surface area (Å²) in [7, 11) is 0. The van der Waals surface area contributed by atoms with Gasteiger partial charge in [0, 0.05) is 23.5 Å². The van der Waals surface area contributed by atoms with Crippen molar-refractivity contribution in [3.05, 3.63) is 79.5 Å². The number of rotatable bonds is 4. The van der Waals surface area contributed by atoms with Gasteiger partial charge in [-0.15, -0.1) is 10.2 Å². The van der Waals surface area contributed by atoms with Crippen molar-refractivity contribution >= 4 is 10.9 Å². The highest BCUT2D eigenvalue weighted by molar-refractivity contribution is 5.85. The number of aromatic nitrogens is 5. The molecule has 0 saturated heterocycles. The first-order valence-corrected chi connectivity index (χ1v) is 8.58. The van der Waals surface area contributed by atoms with Crippen LogP contribution in [0.3, 0.4) is 0 Å². The van der Waals surface area contributed by atoms with E-state index in [1.54, 1.807) is 12.4 Å². The van der Waals surface area contributed by atoms with E-state index in [0.29, 0.717) is 23.3 Å². The second kappa shape index (κ2) is 6.88. The molecule has 0 aliphatic heterocycles. The van der Waals surface area contributed by atoms with E-state index >= 15 is 0 Å². The van der Waals surface area contributed by atoms with Gasteiger partial charge < -0.3 is 9.15 Å². The third kappa shape index (κ3) is 3.05. The van der Waals surface area contributed by atoms with Crippen LogP contribution < -0.4 is 4.74 Å². The summed E-state index contributed by atoms with van der Waals surface area (Å²) in [6, 6.07) is 18.9. The molecule has 0 fully saturated rings. The van der Waals surface area contributed by atoms with Crippen LogP contribution in [0.1, 0.15) is 0 Å². The molecular formula is C21H13N5O2. The fraction of sp³-hybridized carbons (Fsp3) is 0. The van der Waals surface area contributed by atoms with Gasteiger partial charge in [0.2, 0.25) is 18.2 Å². The lowest BCUT2D eigenvalue weighted by atomic mass is 10.2. The van der Waals surface area contributed by atoms with Crippen molar-refractivity contribution in [2.24, 2.45) is 0 Å². The Labute approximate surface area is 159 Å². The number of nitrogens with zero attached hydrogens (tertiary/aromatic N) is 5. The number of fused-ring (bicyclic) bond motifs is 1. The second-order valence-corrected chi connectivity index (χ2v) is 5.98. The Bertz CT molecular complexity index is 1220. The average molecular weight is 367 g/mol. The Morgan fingerprint density at radius 3 is 2.39 bits per heavy atom. The smallest absolute Gasteiger partial charge is 0.247 e. The molecule has 0 unspecified atom stereocenters. The van der Waals surface area contributed by atoms with Crippen LogP contribution in [0, 0.1) is 0 Å². The summed E-state index contributed by atoms with van der Waals surface area (Å²) in [5.41, 5.74) is 2.49. The summed E-state index contributed by atoms with van der Waals surface area (Å²) in [6.45, 7) is 0. The highest BCUT2D eigenvalue weighted by atomic mass is 16.5. The number of hydrogen-bond donors (Lipinski definition) is 0. The minimum atomic E-state index is 0.457. The molecule has 0 amide bonds. The Kier molecular flexibility index (Phi) is 3.95. The molecule has 0 radical (unpaired) electrons. The molecular weight excluding hydrogens is 354 g/mol. The highest BCUT2D eigenvalue weighted by Gasteiger charge is 2.12. The summed E-state index contributed by atoms with van der Waals surface area (Å²) in [5, 5.41) is 8.43. The van der Waals surface area contributed by atoms with E-state index in [2.05, 4.69) is 25.1 Å². The molecule has 0 bridgehead atoms. The first kappa shape index (κ1) is 16.1. The summed E-state index contributed by atoms with van der Waals surface area (Å²) < 4.78 is 11.3. The number of hydrogen-bond acceptors (Lipinski definition) is 7. The summed E-state index contributed by atoms with van der Waals surface area (Å²) in [4.78, 5) is 13.3. The Hall–Kier alpha value is -4.13. The minimum Gasteiger partial charge on any atom is -0.438 e. The molecule has 2 aromatic carbocycles. The van der Waals surface area contributed by atoms with Gasteiger partial charge in [-0.25, -0.2) is 4.98 Å². The van der Waals surface area contributed by atoms with E-state index in [1.165, 1.54) is 6.39 Å². The van der Waals surface area contributed by atoms with Gasteiger partial charge in [0.25, 0.3) is 0 Å². The average Bonchev–Trinajstić information content (AvgIpc) is 3.30. The van der Waals surface area contributed by atoms with Gasteiger partial charge >= 0.3 is 0 Å². The fourth-order valence-corrected chi connectivity index (χ4v) is 2.83. The number of pyridine rings is 1. The van der Waals surface area contributed by atoms with Crippen molar-refractivity contribution in [1.29, 1.82) is 0 Å². The predicted molar refractivity (Wildman–Crippen MR) is 103 cm³/mol. The first-order chi connectivity index (χ1) is 13.9. The molecule has 0 saturated carbocycles. The van der Waals surface area contributed by atoms with Crippen LogP contribution in [-0.2, 0) is 0 Å². The molecule has 5 aromatic rings. The van der Waals surface area contributed by atoms with Crippen LogP contribution in [0.25, 0.3) is 33.7 Å². The largest absolute Gasteiger partial charge is 0.438 e. The third-order valence-corrected chi connectivity index (χ3v) is 4.18. The molecule has 7 nitrogen and oxygen atoms in total. The normalized spacial score (nSPS) is 10.9. The van der Waals surface area contributed by atoms with Gasteiger partial charge in [-0.05, 0) is 48.5 Å². The van der Waals surface area contributed by atoms with Crippen LogP contribution in [0.4, 0.5) is 0 Å². The molecule has 0 aliphatic carbocycles. The SMILES string of the molecule is c1ccc2c(Oc3ccc(-c4nnco4)cc3)nc(-c3ccncc3)nc2c1. The van der Waals surface area contributed by atoms with Crippen LogP contribution in [0.2, 0.25) is 0 Å². The minimum absolute atomic E-state index is 0.457. The zero-order chi connectivity index (χ0) is 18.8. The van der Waals surface area contributed by atoms with E-state index in [1.807, 2.05) is 60.7 Å². The lowest BCUT2D eigenvalue weighted by Crippen LogP contribution is -1.96. The zero-order valence-corrected chi connectivity index (χ0v) is 14.6. The lowest BCUT2D eigenvalue weighted by Gasteiger charge is -2.10. The van der Waals surface area contributed by atoms with Crippen molar-refractivity contribution in [3.8, 4) is 34.5 Å². The molecule has 134 valence electrons. The fourth-order valence-electron chi connectivity index (χ4n) is 2.83. The first-order valence-electron chi connectivity index (χ1n) is 8.58. The molecule has 0 spiro atoms. The summed E-state index contributed by atoms with van der Waals surface area (Å²) in [5.74, 6) is 2.17. The van der Waals surface area contributed by atoms with Crippen molar-refractivity contribution in [1.82, 2.24) is 25.1 Å². The lowest BCUT2D eigenvalue weighted by molar-refractivity contribution is 0.469. The molecule has 3 heterocycles. The van der Waals surface area contributed by atoms with Crippen LogP contribution in [0.5, 0.6) is 11.6 Å². The van der Waals surface area contributed by atoms with Crippen LogP contribution in [0.15, 0.2) is 83.9 Å². The van der Waals surface area contributed by atoms with Crippen molar-refractivity contribution in [2.75, 3.05) is 0 Å². The predicted octanol–water partition coefficient (Wildman–Crippen LogP) is 4.53. The number of para-hydroxylation sites is 1. The van der Waals surface area contributed by atoms with Crippen LogP contribution >= 0.6 is 0 Å². The van der Waals surface area contributed by atoms with Crippen molar-refractivity contribution < 1.29 is 9.15 Å². The molecule has 28 heavy (non-hydrogen) atoms. The van der Waals surface area contributed by atoms with Gasteiger partial charge in [0.1, 0.15) is 5.75 Å². The third-order valence-electron chi connectivity index (χ3n) is 4.18. The van der Waals surface area contributed by atoms with Gasteiger partial charge in [-0.3, -0.25) is 4.98 Å². The van der Waals surface area contributed by atoms with E-state index < -0.39 is 0 Å². The van der Waals surface area contributed by atoms with Crippen LogP contribution in [-0.4, -0.2) is 25.1 Å². The Morgan fingerprint density at radius 2 is 1.61 bits per heavy atom. The zero-order valence-electron chi connectivity index (χ0n) is 14.6. The molecule has 7 heteroatoms. The van der Waals surface area contributed by atoms with Gasteiger partial charge in [0.05, 0.1) is 10.9 Å². The quantitative estimate of drug-likeness (QED) is 0.461. The van der Waals surface area contributed by atoms with Gasteiger partial charge in [0.15, 0.2) is 5.82 Å². The molecule has 3 aromatic heterocycles. The number of benzene rings is 2. The maximum Gasteiger partial charge on any atom is 0.247 e. The summed E-state index contributed by atoms with van der Waals surface area (Å²) in [6.07, 6.45) is 4.72. The molecule has 5 rings (SSSR count). The van der Waals surface area contributed by atoms with E-state index in [-0.39, 0.29) is 0 Å². The maximum atomic E-state index is 6.09. The van der Waals surface area contributed by atoms with E-state index in [4.69, 9.17) is 9.15 Å². The van der Waals surface area contributed by atoms with E-state index in [9.17, 15) is 0 Å². The number of ether oxygens (including phenoxy) is 1. The topological polar surface area (TPSA) is 86.8 Å². The molecule has 0 aliphatic rings. The molecule has 0 atom stereocenters. The van der Waals surface area contributed by atoms with Gasteiger partial charge in [-0.1, -0.05) is 12.1 Å². The molecule has 0 N–H and O–H groups in total. The standard InChI is InChI=1S/C21H13N5O2/c1-2-4-18-17(3-1)21(25-19(24-18)14-9-11-22-12-10-14)28-16-7-5-15(6-8-16)20-26-23-13-27-20/h1-13H. The monoisotopic (exact) mass is 367 g/mol.